The molecule has 0 aliphatic heterocycles. The first-order valence-corrected chi connectivity index (χ1v) is 8.11. The number of carbonyl (C=O) groups excluding carboxylic acids is 1. The van der Waals surface area contributed by atoms with E-state index in [1.807, 2.05) is 25.9 Å². The highest BCUT2D eigenvalue weighted by molar-refractivity contribution is 7.15. The van der Waals surface area contributed by atoms with Gasteiger partial charge in [0.25, 0.3) is 0 Å². The van der Waals surface area contributed by atoms with E-state index in [0.717, 1.165) is 10.0 Å². The summed E-state index contributed by atoms with van der Waals surface area (Å²) in [7, 11) is 5.01. The zero-order chi connectivity index (χ0) is 18.0. The number of methoxy groups -OCH3 is 1. The van der Waals surface area contributed by atoms with Crippen LogP contribution in [0.2, 0.25) is 0 Å². The van der Waals surface area contributed by atoms with Crippen LogP contribution in [0.1, 0.15) is 34.4 Å². The Morgan fingerprint density at radius 1 is 1.46 bits per heavy atom. The number of carbonyl (C=O) groups is 1. The molecule has 1 unspecified atom stereocenters. The molecule has 0 saturated carbocycles. The molecule has 7 nitrogen and oxygen atoms in total. The minimum absolute atomic E-state index is 0.0578. The maximum absolute atomic E-state index is 11.9. The predicted octanol–water partition coefficient (Wildman–Crippen LogP) is 2.18. The third-order valence-electron chi connectivity index (χ3n) is 3.51. The molecule has 130 valence electrons. The molecule has 2 heterocycles. The number of esters is 1. The number of ether oxygens (including phenoxy) is 1. The minimum Gasteiger partial charge on any atom is -0.502 e. The van der Waals surface area contributed by atoms with Gasteiger partial charge in [0.15, 0.2) is 10.9 Å². The summed E-state index contributed by atoms with van der Waals surface area (Å²) in [5.74, 6) is -1.19. The molecule has 0 aliphatic carbocycles. The molecule has 1 atom stereocenters. The lowest BCUT2D eigenvalue weighted by atomic mass is 9.98. The van der Waals surface area contributed by atoms with Crippen LogP contribution in [0.15, 0.2) is 15.3 Å². The number of thiazole rings is 1. The molecule has 0 fully saturated rings. The van der Waals surface area contributed by atoms with Crippen LogP contribution < -0.4 is 10.3 Å². The molecule has 0 aromatic carbocycles. The van der Waals surface area contributed by atoms with Crippen LogP contribution >= 0.6 is 11.3 Å². The van der Waals surface area contributed by atoms with Crippen molar-refractivity contribution in [2.24, 2.45) is 0 Å². The summed E-state index contributed by atoms with van der Waals surface area (Å²) in [6.07, 6.45) is -0.0631. The van der Waals surface area contributed by atoms with Gasteiger partial charge in [-0.3, -0.25) is 9.59 Å². The molecule has 2 rings (SSSR count). The fourth-order valence-corrected chi connectivity index (χ4v) is 3.41. The average Bonchev–Trinajstić information content (AvgIpc) is 2.90. The molecule has 0 radical (unpaired) electrons. The Kier molecular flexibility index (Phi) is 5.28. The fourth-order valence-electron chi connectivity index (χ4n) is 2.32. The number of aromatic hydroxyl groups is 1. The van der Waals surface area contributed by atoms with Crippen LogP contribution in [0.4, 0.5) is 5.13 Å². The summed E-state index contributed by atoms with van der Waals surface area (Å²) in [5.41, 5.74) is 0.166. The summed E-state index contributed by atoms with van der Waals surface area (Å²) in [6.45, 7) is 3.43. The number of nitrogens with zero attached hydrogens (tertiary/aromatic N) is 2. The van der Waals surface area contributed by atoms with Crippen molar-refractivity contribution in [2.75, 3.05) is 26.1 Å². The van der Waals surface area contributed by atoms with Gasteiger partial charge in [0.2, 0.25) is 11.2 Å². The predicted molar refractivity (Wildman–Crippen MR) is 91.0 cm³/mol. The molecule has 0 aliphatic rings. The summed E-state index contributed by atoms with van der Waals surface area (Å²) in [5, 5.41) is 10.9. The quantitative estimate of drug-likeness (QED) is 0.824. The van der Waals surface area contributed by atoms with Gasteiger partial charge < -0.3 is 19.2 Å². The van der Waals surface area contributed by atoms with Crippen LogP contribution in [0.3, 0.4) is 0 Å². The Bertz CT molecular complexity index is 809. The van der Waals surface area contributed by atoms with Gasteiger partial charge >= 0.3 is 5.97 Å². The van der Waals surface area contributed by atoms with E-state index < -0.39 is 23.1 Å². The Labute approximate surface area is 143 Å². The van der Waals surface area contributed by atoms with Crippen LogP contribution in [-0.2, 0) is 9.53 Å². The van der Waals surface area contributed by atoms with E-state index in [4.69, 9.17) is 9.15 Å². The Hall–Kier alpha value is -2.35. The van der Waals surface area contributed by atoms with Gasteiger partial charge in [-0.1, -0.05) is 0 Å². The standard InChI is InChI=1S/C16H20N2O5S/c1-8-6-11(19)13(21)14(23-8)10(7-12(20)22-5)15-9(2)17-16(24-15)18(3)4/h6,10,21H,7H2,1-5H3. The number of anilines is 1. The summed E-state index contributed by atoms with van der Waals surface area (Å²) in [4.78, 5) is 30.8. The second kappa shape index (κ2) is 7.04. The average molecular weight is 352 g/mol. The van der Waals surface area contributed by atoms with E-state index in [0.29, 0.717) is 11.5 Å². The van der Waals surface area contributed by atoms with Gasteiger partial charge in [-0.25, -0.2) is 4.98 Å². The van der Waals surface area contributed by atoms with Gasteiger partial charge in [-0.2, -0.15) is 0 Å². The van der Waals surface area contributed by atoms with Crippen LogP contribution in [0, 0.1) is 13.8 Å². The van der Waals surface area contributed by atoms with Gasteiger partial charge in [-0.15, -0.1) is 11.3 Å². The van der Waals surface area contributed by atoms with Crippen LogP contribution in [0.25, 0.3) is 0 Å². The number of hydrogen-bond acceptors (Lipinski definition) is 8. The molecule has 2 aromatic heterocycles. The van der Waals surface area contributed by atoms with Crippen molar-refractivity contribution in [2.45, 2.75) is 26.2 Å². The van der Waals surface area contributed by atoms with E-state index in [2.05, 4.69) is 4.98 Å². The Morgan fingerprint density at radius 2 is 2.12 bits per heavy atom. The molecule has 0 spiro atoms. The number of rotatable bonds is 5. The van der Waals surface area contributed by atoms with Gasteiger partial charge in [0.1, 0.15) is 5.76 Å². The highest BCUT2D eigenvalue weighted by Gasteiger charge is 2.30. The zero-order valence-corrected chi connectivity index (χ0v) is 15.1. The molecular formula is C16H20N2O5S. The molecular weight excluding hydrogens is 332 g/mol. The first-order valence-electron chi connectivity index (χ1n) is 7.29. The molecule has 8 heteroatoms. The van der Waals surface area contributed by atoms with Crippen molar-refractivity contribution in [3.05, 3.63) is 38.4 Å². The maximum Gasteiger partial charge on any atom is 0.306 e. The number of aromatic nitrogens is 1. The molecule has 24 heavy (non-hydrogen) atoms. The lowest BCUT2D eigenvalue weighted by Gasteiger charge is -2.15. The SMILES string of the molecule is COC(=O)CC(c1oc(C)cc(=O)c1O)c1sc(N(C)C)nc1C. The lowest BCUT2D eigenvalue weighted by molar-refractivity contribution is -0.140. The van der Waals surface area contributed by atoms with Crippen molar-refractivity contribution in [1.29, 1.82) is 0 Å². The van der Waals surface area contributed by atoms with E-state index in [1.54, 1.807) is 6.92 Å². The number of hydrogen-bond donors (Lipinski definition) is 1. The van der Waals surface area contributed by atoms with Gasteiger partial charge in [0.05, 0.1) is 25.1 Å². The van der Waals surface area contributed by atoms with Crippen molar-refractivity contribution >= 4 is 22.4 Å². The van der Waals surface area contributed by atoms with Crippen molar-refractivity contribution in [3.8, 4) is 5.75 Å². The number of aryl methyl sites for hydroxylation is 2. The van der Waals surface area contributed by atoms with Gasteiger partial charge in [0, 0.05) is 25.0 Å². The Morgan fingerprint density at radius 3 is 2.67 bits per heavy atom. The first kappa shape index (κ1) is 18.0. The summed E-state index contributed by atoms with van der Waals surface area (Å²) < 4.78 is 10.3. The van der Waals surface area contributed by atoms with E-state index in [1.165, 1.54) is 24.5 Å². The van der Waals surface area contributed by atoms with E-state index in [-0.39, 0.29) is 12.2 Å². The van der Waals surface area contributed by atoms with Crippen LogP contribution in [-0.4, -0.2) is 37.3 Å². The lowest BCUT2D eigenvalue weighted by Crippen LogP contribution is -2.13. The molecule has 0 amide bonds. The second-order valence-electron chi connectivity index (χ2n) is 5.61. The Balaban J connectivity index is 2.62. The highest BCUT2D eigenvalue weighted by Crippen LogP contribution is 2.39. The monoisotopic (exact) mass is 352 g/mol. The molecule has 1 N–H and O–H groups in total. The normalized spacial score (nSPS) is 12.0. The molecule has 0 saturated heterocycles. The molecule has 2 aromatic rings. The second-order valence-corrected chi connectivity index (χ2v) is 6.62. The smallest absolute Gasteiger partial charge is 0.306 e. The zero-order valence-electron chi connectivity index (χ0n) is 14.2. The van der Waals surface area contributed by atoms with Gasteiger partial charge in [-0.05, 0) is 13.8 Å². The first-order chi connectivity index (χ1) is 11.2. The van der Waals surface area contributed by atoms with E-state index in [9.17, 15) is 14.7 Å². The largest absolute Gasteiger partial charge is 0.502 e. The summed E-state index contributed by atoms with van der Waals surface area (Å²) in [6, 6.07) is 1.21. The van der Waals surface area contributed by atoms with Crippen molar-refractivity contribution in [1.82, 2.24) is 4.98 Å². The van der Waals surface area contributed by atoms with Crippen molar-refractivity contribution in [3.63, 3.8) is 0 Å². The maximum atomic E-state index is 11.9. The van der Waals surface area contributed by atoms with Crippen LogP contribution in [0.5, 0.6) is 5.75 Å². The third kappa shape index (κ3) is 3.59. The van der Waals surface area contributed by atoms with Crippen molar-refractivity contribution < 1.29 is 19.1 Å². The molecule has 0 bridgehead atoms. The van der Waals surface area contributed by atoms with E-state index >= 15 is 0 Å². The third-order valence-corrected chi connectivity index (χ3v) is 4.95. The topological polar surface area (TPSA) is 92.9 Å². The summed E-state index contributed by atoms with van der Waals surface area (Å²) >= 11 is 1.38. The highest BCUT2D eigenvalue weighted by atomic mass is 32.1. The minimum atomic E-state index is -0.642. The fraction of sp³-hybridized carbons (Fsp3) is 0.438.